The van der Waals surface area contributed by atoms with Gasteiger partial charge in [0.25, 0.3) is 5.91 Å². The van der Waals surface area contributed by atoms with Crippen LogP contribution in [0.4, 0.5) is 29.3 Å². The van der Waals surface area contributed by atoms with Crippen LogP contribution in [0.15, 0.2) is 54.6 Å². The molecule has 0 aliphatic heterocycles. The third kappa shape index (κ3) is 5.92. The molecule has 0 saturated carbocycles. The van der Waals surface area contributed by atoms with Crippen molar-refractivity contribution in [3.63, 3.8) is 0 Å². The molecule has 6 nitrogen and oxygen atoms in total. The van der Waals surface area contributed by atoms with Crippen molar-refractivity contribution in [1.29, 1.82) is 0 Å². The van der Waals surface area contributed by atoms with E-state index in [2.05, 4.69) is 10.3 Å². The van der Waals surface area contributed by atoms with Gasteiger partial charge in [0.15, 0.2) is 0 Å². The fourth-order valence-corrected chi connectivity index (χ4v) is 3.77. The van der Waals surface area contributed by atoms with Crippen LogP contribution in [-0.2, 0) is 6.18 Å². The average Bonchev–Trinajstić information content (AvgIpc) is 2.73. The Kier molecular flexibility index (Phi) is 7.12. The molecule has 1 aromatic heterocycles. The van der Waals surface area contributed by atoms with Gasteiger partial charge in [-0.2, -0.15) is 13.2 Å². The van der Waals surface area contributed by atoms with Crippen molar-refractivity contribution < 1.29 is 27.9 Å². The Morgan fingerprint density at radius 1 is 1.00 bits per heavy atom. The monoisotopic (exact) mass is 505 g/mol. The summed E-state index contributed by atoms with van der Waals surface area (Å²) in [6.45, 7) is 6.67. The molecule has 0 aliphatic rings. The highest BCUT2D eigenvalue weighted by Crippen LogP contribution is 2.34. The molecule has 0 radical (unpaired) electrons. The third-order valence-electron chi connectivity index (χ3n) is 5.18. The first-order chi connectivity index (χ1) is 16.2. The van der Waals surface area contributed by atoms with E-state index in [9.17, 15) is 27.9 Å². The summed E-state index contributed by atoms with van der Waals surface area (Å²) in [6.07, 6.45) is -5.63. The van der Waals surface area contributed by atoms with E-state index in [1.165, 1.54) is 30.0 Å². The van der Waals surface area contributed by atoms with Crippen molar-refractivity contribution in [2.75, 3.05) is 10.2 Å². The molecule has 3 aromatic rings. The number of amides is 2. The number of pyridine rings is 1. The molecular formula is C25H23ClF3N3O3. The quantitative estimate of drug-likeness (QED) is 0.365. The van der Waals surface area contributed by atoms with Gasteiger partial charge in [0.1, 0.15) is 5.15 Å². The van der Waals surface area contributed by atoms with Crippen LogP contribution in [0.25, 0.3) is 11.3 Å². The number of alkyl halides is 3. The summed E-state index contributed by atoms with van der Waals surface area (Å²) in [4.78, 5) is 29.8. The fourth-order valence-electron chi connectivity index (χ4n) is 3.53. The SMILES string of the molecule is Cc1ccc(NC(=O)c2ccc(-c3ccc(N(C(=O)O)C(C)(C)C)cc3)nc2Cl)cc1C(F)(F)F. The molecule has 0 spiro atoms. The van der Waals surface area contributed by atoms with E-state index in [-0.39, 0.29) is 22.0 Å². The molecule has 2 N–H and O–H groups in total. The number of hydrogen-bond donors (Lipinski definition) is 2. The molecule has 2 amide bonds. The van der Waals surface area contributed by atoms with E-state index >= 15 is 0 Å². The normalized spacial score (nSPS) is 11.8. The predicted octanol–water partition coefficient (Wildman–Crippen LogP) is 7.26. The maximum absolute atomic E-state index is 13.2. The summed E-state index contributed by atoms with van der Waals surface area (Å²) in [5.41, 5.74) is 0.0671. The Bertz CT molecular complexity index is 1270. The molecule has 0 atom stereocenters. The number of nitrogens with one attached hydrogen (secondary N) is 1. The average molecular weight is 506 g/mol. The number of aryl methyl sites for hydroxylation is 1. The Labute approximate surface area is 205 Å². The molecule has 184 valence electrons. The number of rotatable bonds is 4. The minimum Gasteiger partial charge on any atom is -0.465 e. The van der Waals surface area contributed by atoms with Gasteiger partial charge in [-0.3, -0.25) is 9.69 Å². The van der Waals surface area contributed by atoms with Gasteiger partial charge < -0.3 is 10.4 Å². The summed E-state index contributed by atoms with van der Waals surface area (Å²) in [7, 11) is 0. The van der Waals surface area contributed by atoms with Gasteiger partial charge in [0.05, 0.1) is 16.8 Å². The number of aromatic nitrogens is 1. The van der Waals surface area contributed by atoms with Gasteiger partial charge >= 0.3 is 12.3 Å². The number of hydrogen-bond acceptors (Lipinski definition) is 3. The molecule has 0 bridgehead atoms. The zero-order valence-electron chi connectivity index (χ0n) is 19.4. The maximum Gasteiger partial charge on any atom is 0.416 e. The maximum atomic E-state index is 13.2. The van der Waals surface area contributed by atoms with E-state index in [0.717, 1.165) is 6.07 Å². The molecular weight excluding hydrogens is 483 g/mol. The van der Waals surface area contributed by atoms with Gasteiger partial charge in [-0.15, -0.1) is 0 Å². The minimum absolute atomic E-state index is 0.00837. The van der Waals surface area contributed by atoms with Crippen molar-refractivity contribution in [1.82, 2.24) is 4.98 Å². The highest BCUT2D eigenvalue weighted by molar-refractivity contribution is 6.33. The standard InChI is InChI=1S/C25H23ClF3N3O3/c1-14-5-8-16(13-19(14)25(27,28)29)30-22(33)18-11-12-20(31-21(18)26)15-6-9-17(10-7-15)32(23(34)35)24(2,3)4/h5-13H,1-4H3,(H,30,33)(H,34,35). The Morgan fingerprint density at radius 2 is 1.63 bits per heavy atom. The molecule has 1 heterocycles. The van der Waals surface area contributed by atoms with Crippen LogP contribution in [0.3, 0.4) is 0 Å². The van der Waals surface area contributed by atoms with Crippen LogP contribution >= 0.6 is 11.6 Å². The lowest BCUT2D eigenvalue weighted by molar-refractivity contribution is -0.138. The molecule has 0 aliphatic carbocycles. The number of carbonyl (C=O) groups excluding carboxylic acids is 1. The van der Waals surface area contributed by atoms with Crippen molar-refractivity contribution in [2.24, 2.45) is 0 Å². The van der Waals surface area contributed by atoms with Gasteiger partial charge in [-0.1, -0.05) is 29.8 Å². The van der Waals surface area contributed by atoms with Crippen LogP contribution in [0.5, 0.6) is 0 Å². The van der Waals surface area contributed by atoms with Gasteiger partial charge in [0.2, 0.25) is 0 Å². The highest BCUT2D eigenvalue weighted by atomic mass is 35.5. The molecule has 0 saturated heterocycles. The molecule has 2 aromatic carbocycles. The van der Waals surface area contributed by atoms with E-state index in [1.807, 2.05) is 0 Å². The smallest absolute Gasteiger partial charge is 0.416 e. The lowest BCUT2D eigenvalue weighted by atomic mass is 10.0. The largest absolute Gasteiger partial charge is 0.465 e. The second-order valence-corrected chi connectivity index (χ2v) is 9.21. The Hall–Kier alpha value is -3.59. The van der Waals surface area contributed by atoms with Gasteiger partial charge in [-0.25, -0.2) is 9.78 Å². The second-order valence-electron chi connectivity index (χ2n) is 8.85. The third-order valence-corrected chi connectivity index (χ3v) is 5.47. The lowest BCUT2D eigenvalue weighted by Crippen LogP contribution is -2.45. The van der Waals surface area contributed by atoms with E-state index in [4.69, 9.17) is 11.6 Å². The zero-order valence-corrected chi connectivity index (χ0v) is 20.1. The molecule has 0 unspecified atom stereocenters. The first-order valence-electron chi connectivity index (χ1n) is 10.5. The number of carbonyl (C=O) groups is 2. The van der Waals surface area contributed by atoms with E-state index in [0.29, 0.717) is 16.9 Å². The van der Waals surface area contributed by atoms with Gasteiger partial charge in [0, 0.05) is 22.5 Å². The minimum atomic E-state index is -4.55. The van der Waals surface area contributed by atoms with Crippen LogP contribution in [0.2, 0.25) is 5.15 Å². The van der Waals surface area contributed by atoms with Crippen molar-refractivity contribution in [3.05, 3.63) is 76.4 Å². The molecule has 10 heteroatoms. The van der Waals surface area contributed by atoms with Crippen LogP contribution in [-0.4, -0.2) is 27.6 Å². The summed E-state index contributed by atoms with van der Waals surface area (Å²) in [6, 6.07) is 13.1. The van der Waals surface area contributed by atoms with Crippen molar-refractivity contribution in [3.8, 4) is 11.3 Å². The number of halogens is 4. The summed E-state index contributed by atoms with van der Waals surface area (Å²) in [5, 5.41) is 11.8. The number of anilines is 2. The summed E-state index contributed by atoms with van der Waals surface area (Å²) in [5.74, 6) is -0.705. The first-order valence-corrected chi connectivity index (χ1v) is 10.9. The van der Waals surface area contributed by atoms with Crippen LogP contribution in [0.1, 0.15) is 42.3 Å². The predicted molar refractivity (Wildman–Crippen MR) is 129 cm³/mol. The van der Waals surface area contributed by atoms with Gasteiger partial charge in [-0.05, 0) is 69.7 Å². The topological polar surface area (TPSA) is 82.5 Å². The summed E-state index contributed by atoms with van der Waals surface area (Å²) < 4.78 is 39.5. The molecule has 35 heavy (non-hydrogen) atoms. The van der Waals surface area contributed by atoms with Crippen molar-refractivity contribution in [2.45, 2.75) is 39.4 Å². The Morgan fingerprint density at radius 3 is 2.14 bits per heavy atom. The van der Waals surface area contributed by atoms with E-state index in [1.54, 1.807) is 51.1 Å². The fraction of sp³-hybridized carbons (Fsp3) is 0.240. The number of carboxylic acid groups (broad SMARTS) is 1. The van der Waals surface area contributed by atoms with E-state index < -0.39 is 29.3 Å². The summed E-state index contributed by atoms with van der Waals surface area (Å²) >= 11 is 6.21. The number of benzene rings is 2. The lowest BCUT2D eigenvalue weighted by Gasteiger charge is -2.33. The second kappa shape index (κ2) is 9.58. The molecule has 0 fully saturated rings. The van der Waals surface area contributed by atoms with Crippen LogP contribution < -0.4 is 10.2 Å². The van der Waals surface area contributed by atoms with Crippen molar-refractivity contribution >= 4 is 35.0 Å². The highest BCUT2D eigenvalue weighted by Gasteiger charge is 2.32. The first kappa shape index (κ1) is 26.0. The number of nitrogens with zero attached hydrogens (tertiary/aromatic N) is 2. The molecule has 3 rings (SSSR count). The Balaban J connectivity index is 1.83. The van der Waals surface area contributed by atoms with Crippen LogP contribution in [0, 0.1) is 6.92 Å². The zero-order chi connectivity index (χ0) is 26.1.